The number of hydrogen-bond donors (Lipinski definition) is 3. The molecule has 0 fully saturated rings. The molecule has 0 amide bonds. The molecule has 3 heteroatoms. The van der Waals surface area contributed by atoms with Crippen molar-refractivity contribution in [3.05, 3.63) is 29.3 Å². The summed E-state index contributed by atoms with van der Waals surface area (Å²) in [5.41, 5.74) is 2.89. The van der Waals surface area contributed by atoms with Crippen molar-refractivity contribution in [2.75, 3.05) is 5.32 Å². The first-order chi connectivity index (χ1) is 5.87. The summed E-state index contributed by atoms with van der Waals surface area (Å²) in [6.07, 6.45) is 0. The van der Waals surface area contributed by atoms with Gasteiger partial charge in [-0.2, -0.15) is 0 Å². The molecular weight excluding hydrogens is 166 g/mol. The van der Waals surface area contributed by atoms with Crippen LogP contribution >= 0.6 is 0 Å². The van der Waals surface area contributed by atoms with E-state index in [0.717, 1.165) is 11.1 Å². The van der Waals surface area contributed by atoms with Crippen LogP contribution in [-0.2, 0) is 0 Å². The van der Waals surface area contributed by atoms with Crippen LogP contribution in [0.1, 0.15) is 18.1 Å². The van der Waals surface area contributed by atoms with Crippen LogP contribution in [-0.4, -0.2) is 16.1 Å². The van der Waals surface area contributed by atoms with Gasteiger partial charge in [0.2, 0.25) is 5.91 Å². The monoisotopic (exact) mass is 181 g/mol. The smallest absolute Gasteiger partial charge is 0.241 e. The third kappa shape index (κ3) is 3.44. The predicted octanol–water partition coefficient (Wildman–Crippen LogP) is 1.37. The van der Waals surface area contributed by atoms with E-state index in [1.807, 2.05) is 32.0 Å². The van der Waals surface area contributed by atoms with Gasteiger partial charge in [-0.15, -0.1) is 0 Å². The molecule has 0 aliphatic heterocycles. The predicted molar refractivity (Wildman–Crippen MR) is 52.4 cm³/mol. The van der Waals surface area contributed by atoms with E-state index in [2.05, 4.69) is 5.32 Å². The zero-order valence-corrected chi connectivity index (χ0v) is 8.13. The summed E-state index contributed by atoms with van der Waals surface area (Å²) >= 11 is 0. The third-order valence-corrected chi connectivity index (χ3v) is 1.60. The SMILES string of the molecule is Cc1cc(C)cc(NC(C)(O)O)c1. The minimum atomic E-state index is -1.86. The average molecular weight is 181 g/mol. The van der Waals surface area contributed by atoms with Gasteiger partial charge >= 0.3 is 0 Å². The first-order valence-corrected chi connectivity index (χ1v) is 4.18. The number of nitrogens with one attached hydrogen (secondary N) is 1. The van der Waals surface area contributed by atoms with Crippen molar-refractivity contribution in [3.8, 4) is 0 Å². The van der Waals surface area contributed by atoms with Crippen LogP contribution in [0.25, 0.3) is 0 Å². The Balaban J connectivity index is 2.90. The van der Waals surface area contributed by atoms with Crippen LogP contribution in [0.2, 0.25) is 0 Å². The van der Waals surface area contributed by atoms with Crippen molar-refractivity contribution in [2.24, 2.45) is 0 Å². The first-order valence-electron chi connectivity index (χ1n) is 4.18. The summed E-state index contributed by atoms with van der Waals surface area (Å²) in [5, 5.41) is 20.8. The molecule has 0 saturated heterocycles. The molecule has 13 heavy (non-hydrogen) atoms. The van der Waals surface area contributed by atoms with E-state index >= 15 is 0 Å². The fourth-order valence-corrected chi connectivity index (χ4v) is 1.32. The maximum Gasteiger partial charge on any atom is 0.241 e. The third-order valence-electron chi connectivity index (χ3n) is 1.60. The highest BCUT2D eigenvalue weighted by molar-refractivity contribution is 5.48. The van der Waals surface area contributed by atoms with E-state index in [1.165, 1.54) is 6.92 Å². The van der Waals surface area contributed by atoms with Crippen LogP contribution in [0.4, 0.5) is 5.69 Å². The Hall–Kier alpha value is -1.06. The standard InChI is InChI=1S/C10H15NO2/c1-7-4-8(2)6-9(5-7)11-10(3,12)13/h4-6,11-13H,1-3H3. The van der Waals surface area contributed by atoms with Crippen molar-refractivity contribution in [1.82, 2.24) is 0 Å². The molecule has 1 rings (SSSR count). The van der Waals surface area contributed by atoms with Crippen LogP contribution in [0.3, 0.4) is 0 Å². The van der Waals surface area contributed by atoms with E-state index in [0.29, 0.717) is 5.69 Å². The molecule has 0 aliphatic rings. The molecule has 0 unspecified atom stereocenters. The molecule has 1 aromatic carbocycles. The summed E-state index contributed by atoms with van der Waals surface area (Å²) < 4.78 is 0. The van der Waals surface area contributed by atoms with Gasteiger partial charge in [0.25, 0.3) is 0 Å². The van der Waals surface area contributed by atoms with Crippen molar-refractivity contribution < 1.29 is 10.2 Å². The van der Waals surface area contributed by atoms with Gasteiger partial charge in [-0.3, -0.25) is 0 Å². The van der Waals surface area contributed by atoms with Gasteiger partial charge in [0.05, 0.1) is 0 Å². The maximum atomic E-state index is 9.10. The summed E-state index contributed by atoms with van der Waals surface area (Å²) in [6.45, 7) is 5.21. The highest BCUT2D eigenvalue weighted by atomic mass is 16.5. The van der Waals surface area contributed by atoms with Crippen LogP contribution in [0, 0.1) is 13.8 Å². The lowest BCUT2D eigenvalue weighted by atomic mass is 10.1. The lowest BCUT2D eigenvalue weighted by Gasteiger charge is -2.19. The van der Waals surface area contributed by atoms with Gasteiger partial charge in [-0.1, -0.05) is 6.07 Å². The first kappa shape index (κ1) is 10.0. The molecule has 0 aliphatic carbocycles. The average Bonchev–Trinajstić information content (AvgIpc) is 1.78. The molecule has 3 nitrogen and oxygen atoms in total. The van der Waals surface area contributed by atoms with Crippen LogP contribution in [0.5, 0.6) is 0 Å². The molecule has 0 aromatic heterocycles. The molecule has 3 N–H and O–H groups in total. The second-order valence-corrected chi connectivity index (χ2v) is 3.52. The highest BCUT2D eigenvalue weighted by Crippen LogP contribution is 2.16. The van der Waals surface area contributed by atoms with E-state index < -0.39 is 5.91 Å². The molecule has 0 bridgehead atoms. The minimum Gasteiger partial charge on any atom is -0.349 e. The fourth-order valence-electron chi connectivity index (χ4n) is 1.32. The lowest BCUT2D eigenvalue weighted by molar-refractivity contribution is -0.118. The Morgan fingerprint density at radius 2 is 1.54 bits per heavy atom. The van der Waals surface area contributed by atoms with Crippen molar-refractivity contribution in [1.29, 1.82) is 0 Å². The van der Waals surface area contributed by atoms with Gasteiger partial charge in [-0.25, -0.2) is 0 Å². The Bertz CT molecular complexity index is 282. The molecular formula is C10H15NO2. The van der Waals surface area contributed by atoms with E-state index in [1.54, 1.807) is 0 Å². The Labute approximate surface area is 78.0 Å². The second kappa shape index (κ2) is 3.36. The largest absolute Gasteiger partial charge is 0.349 e. The zero-order chi connectivity index (χ0) is 10.1. The van der Waals surface area contributed by atoms with E-state index in [4.69, 9.17) is 10.2 Å². The number of aliphatic hydroxyl groups is 2. The number of rotatable bonds is 2. The van der Waals surface area contributed by atoms with Gasteiger partial charge in [-0.05, 0) is 37.1 Å². The highest BCUT2D eigenvalue weighted by Gasteiger charge is 2.13. The normalized spacial score (nSPS) is 11.5. The summed E-state index contributed by atoms with van der Waals surface area (Å²) in [4.78, 5) is 0. The van der Waals surface area contributed by atoms with Crippen LogP contribution in [0.15, 0.2) is 18.2 Å². The number of aryl methyl sites for hydroxylation is 2. The number of hydrogen-bond acceptors (Lipinski definition) is 3. The van der Waals surface area contributed by atoms with Crippen molar-refractivity contribution >= 4 is 5.69 Å². The second-order valence-electron chi connectivity index (χ2n) is 3.52. The quantitative estimate of drug-likeness (QED) is 0.604. The molecule has 72 valence electrons. The van der Waals surface area contributed by atoms with Crippen molar-refractivity contribution in [2.45, 2.75) is 26.7 Å². The van der Waals surface area contributed by atoms with Gasteiger partial charge in [0.15, 0.2) is 0 Å². The number of anilines is 1. The van der Waals surface area contributed by atoms with E-state index in [9.17, 15) is 0 Å². The fraction of sp³-hybridized carbons (Fsp3) is 0.400. The topological polar surface area (TPSA) is 52.5 Å². The van der Waals surface area contributed by atoms with Crippen LogP contribution < -0.4 is 5.32 Å². The molecule has 0 spiro atoms. The molecule has 0 radical (unpaired) electrons. The van der Waals surface area contributed by atoms with Gasteiger partial charge < -0.3 is 15.5 Å². The molecule has 0 heterocycles. The Kier molecular flexibility index (Phi) is 2.59. The van der Waals surface area contributed by atoms with Crippen molar-refractivity contribution in [3.63, 3.8) is 0 Å². The van der Waals surface area contributed by atoms with Gasteiger partial charge in [0, 0.05) is 12.6 Å². The Morgan fingerprint density at radius 1 is 1.08 bits per heavy atom. The van der Waals surface area contributed by atoms with E-state index in [-0.39, 0.29) is 0 Å². The van der Waals surface area contributed by atoms with Gasteiger partial charge in [0.1, 0.15) is 0 Å². The Morgan fingerprint density at radius 3 is 1.92 bits per heavy atom. The zero-order valence-electron chi connectivity index (χ0n) is 8.13. The summed E-state index contributed by atoms with van der Waals surface area (Å²) in [6, 6.07) is 5.74. The lowest BCUT2D eigenvalue weighted by Crippen LogP contribution is -2.33. The summed E-state index contributed by atoms with van der Waals surface area (Å²) in [5.74, 6) is -1.86. The number of benzene rings is 1. The maximum absolute atomic E-state index is 9.10. The molecule has 1 aromatic rings. The molecule has 0 atom stereocenters. The minimum absolute atomic E-state index is 0.713. The summed E-state index contributed by atoms with van der Waals surface area (Å²) in [7, 11) is 0. The molecule has 0 saturated carbocycles.